The molecule has 0 unspecified atom stereocenters. The molecule has 0 aliphatic carbocycles. The Hall–Kier alpha value is -2.58. The Labute approximate surface area is 154 Å². The SMILES string of the molecule is C[C@]1(C2CCN(C(=O)Cc3ccc(C(F)(F)F)cc3)CC2)NC(=O)NC1=O. The van der Waals surface area contributed by atoms with Gasteiger partial charge in [0, 0.05) is 13.1 Å². The molecular formula is C18H20F3N3O3. The molecule has 27 heavy (non-hydrogen) atoms. The van der Waals surface area contributed by atoms with E-state index in [1.165, 1.54) is 12.1 Å². The molecule has 1 aromatic rings. The van der Waals surface area contributed by atoms with Gasteiger partial charge in [-0.1, -0.05) is 12.1 Å². The molecule has 3 rings (SSSR count). The maximum Gasteiger partial charge on any atom is 0.416 e. The highest BCUT2D eigenvalue weighted by molar-refractivity contribution is 6.07. The van der Waals surface area contributed by atoms with Gasteiger partial charge in [-0.05, 0) is 43.4 Å². The molecule has 0 radical (unpaired) electrons. The molecule has 2 N–H and O–H groups in total. The summed E-state index contributed by atoms with van der Waals surface area (Å²) in [6.45, 7) is 2.54. The summed E-state index contributed by atoms with van der Waals surface area (Å²) in [5, 5.41) is 4.89. The standard InChI is InChI=1S/C18H20F3N3O3/c1-17(15(26)22-16(27)23-17)12-6-8-24(9-7-12)14(25)10-11-2-4-13(5-3-11)18(19,20)21/h2-5,12H,6-10H2,1H3,(H2,22,23,26,27)/t17-/m1/s1. The fourth-order valence-corrected chi connectivity index (χ4v) is 3.65. The Balaban J connectivity index is 1.56. The van der Waals surface area contributed by atoms with Crippen molar-refractivity contribution >= 4 is 17.8 Å². The lowest BCUT2D eigenvalue weighted by atomic mass is 9.79. The molecule has 1 aromatic carbocycles. The van der Waals surface area contributed by atoms with Crippen molar-refractivity contribution in [2.24, 2.45) is 5.92 Å². The second-order valence-electron chi connectivity index (χ2n) is 7.14. The van der Waals surface area contributed by atoms with Crippen LogP contribution in [-0.2, 0) is 22.2 Å². The third kappa shape index (κ3) is 3.91. The molecule has 146 valence electrons. The number of carbonyl (C=O) groups excluding carboxylic acids is 3. The highest BCUT2D eigenvalue weighted by Gasteiger charge is 2.48. The number of rotatable bonds is 3. The first-order valence-electron chi connectivity index (χ1n) is 8.67. The Morgan fingerprint density at radius 3 is 2.26 bits per heavy atom. The van der Waals surface area contributed by atoms with Gasteiger partial charge in [0.25, 0.3) is 5.91 Å². The van der Waals surface area contributed by atoms with E-state index in [2.05, 4.69) is 10.6 Å². The number of amides is 4. The second-order valence-corrected chi connectivity index (χ2v) is 7.14. The first-order valence-corrected chi connectivity index (χ1v) is 8.67. The van der Waals surface area contributed by atoms with E-state index >= 15 is 0 Å². The van der Waals surface area contributed by atoms with Gasteiger partial charge in [0.05, 0.1) is 12.0 Å². The van der Waals surface area contributed by atoms with Crippen molar-refractivity contribution in [1.82, 2.24) is 15.5 Å². The average molecular weight is 383 g/mol. The van der Waals surface area contributed by atoms with Gasteiger partial charge in [0.2, 0.25) is 5.91 Å². The molecule has 9 heteroatoms. The van der Waals surface area contributed by atoms with Gasteiger partial charge in [0.1, 0.15) is 5.54 Å². The van der Waals surface area contributed by atoms with Crippen molar-refractivity contribution in [3.63, 3.8) is 0 Å². The average Bonchev–Trinajstić information content (AvgIpc) is 2.87. The Morgan fingerprint density at radius 1 is 1.19 bits per heavy atom. The summed E-state index contributed by atoms with van der Waals surface area (Å²) in [7, 11) is 0. The Morgan fingerprint density at radius 2 is 1.78 bits per heavy atom. The zero-order valence-corrected chi connectivity index (χ0v) is 14.7. The lowest BCUT2D eigenvalue weighted by Gasteiger charge is -2.38. The number of benzene rings is 1. The third-order valence-corrected chi connectivity index (χ3v) is 5.37. The van der Waals surface area contributed by atoms with Crippen LogP contribution in [-0.4, -0.2) is 41.4 Å². The molecule has 6 nitrogen and oxygen atoms in total. The molecule has 0 aromatic heterocycles. The number of halogens is 3. The monoisotopic (exact) mass is 383 g/mol. The summed E-state index contributed by atoms with van der Waals surface area (Å²) in [6, 6.07) is 4.05. The quantitative estimate of drug-likeness (QED) is 0.785. The van der Waals surface area contributed by atoms with Crippen LogP contribution in [0.1, 0.15) is 30.9 Å². The van der Waals surface area contributed by atoms with Crippen LogP contribution in [0.15, 0.2) is 24.3 Å². The van der Waals surface area contributed by atoms with Crippen LogP contribution in [0.4, 0.5) is 18.0 Å². The predicted octanol–water partition coefficient (Wildman–Crippen LogP) is 2.08. The number of imide groups is 1. The smallest absolute Gasteiger partial charge is 0.342 e. The van der Waals surface area contributed by atoms with E-state index in [9.17, 15) is 27.6 Å². The van der Waals surface area contributed by atoms with Crippen LogP contribution in [0.3, 0.4) is 0 Å². The molecule has 0 spiro atoms. The lowest BCUT2D eigenvalue weighted by Crippen LogP contribution is -2.54. The van der Waals surface area contributed by atoms with E-state index in [1.807, 2.05) is 0 Å². The largest absolute Gasteiger partial charge is 0.416 e. The van der Waals surface area contributed by atoms with E-state index in [0.29, 0.717) is 31.5 Å². The first-order chi connectivity index (χ1) is 12.6. The van der Waals surface area contributed by atoms with E-state index in [-0.39, 0.29) is 24.2 Å². The van der Waals surface area contributed by atoms with Crippen LogP contribution >= 0.6 is 0 Å². The van der Waals surface area contributed by atoms with Gasteiger partial charge in [-0.2, -0.15) is 13.2 Å². The van der Waals surface area contributed by atoms with Crippen LogP contribution in [0, 0.1) is 5.92 Å². The van der Waals surface area contributed by atoms with E-state index in [1.54, 1.807) is 11.8 Å². The predicted molar refractivity (Wildman–Crippen MR) is 89.5 cm³/mol. The fourth-order valence-electron chi connectivity index (χ4n) is 3.65. The lowest BCUT2D eigenvalue weighted by molar-refractivity contribution is -0.137. The third-order valence-electron chi connectivity index (χ3n) is 5.37. The summed E-state index contributed by atoms with van der Waals surface area (Å²) in [6.07, 6.45) is -3.26. The Kier molecular flexibility index (Phi) is 4.88. The fraction of sp³-hybridized carbons (Fsp3) is 0.500. The highest BCUT2D eigenvalue weighted by Crippen LogP contribution is 2.31. The van der Waals surface area contributed by atoms with E-state index < -0.39 is 23.3 Å². The molecule has 0 saturated carbocycles. The number of carbonyl (C=O) groups is 3. The molecule has 2 heterocycles. The van der Waals surface area contributed by atoms with Gasteiger partial charge in [-0.15, -0.1) is 0 Å². The maximum absolute atomic E-state index is 12.6. The van der Waals surface area contributed by atoms with Crippen LogP contribution in [0.2, 0.25) is 0 Å². The zero-order valence-electron chi connectivity index (χ0n) is 14.7. The molecule has 4 amide bonds. The minimum absolute atomic E-state index is 0.0251. The minimum atomic E-state index is -4.40. The summed E-state index contributed by atoms with van der Waals surface area (Å²) in [5.74, 6) is -0.612. The number of nitrogens with zero attached hydrogens (tertiary/aromatic N) is 1. The van der Waals surface area contributed by atoms with Gasteiger partial charge in [-0.25, -0.2) is 4.79 Å². The van der Waals surface area contributed by atoms with Crippen molar-refractivity contribution in [2.75, 3.05) is 13.1 Å². The van der Waals surface area contributed by atoms with Gasteiger partial charge in [0.15, 0.2) is 0 Å². The second kappa shape index (κ2) is 6.86. The molecule has 2 aliphatic heterocycles. The van der Waals surface area contributed by atoms with Crippen LogP contribution < -0.4 is 10.6 Å². The van der Waals surface area contributed by atoms with Crippen molar-refractivity contribution in [3.8, 4) is 0 Å². The number of likely N-dealkylation sites (tertiary alicyclic amines) is 1. The molecule has 1 atom stereocenters. The van der Waals surface area contributed by atoms with Crippen LogP contribution in [0.25, 0.3) is 0 Å². The van der Waals surface area contributed by atoms with Crippen molar-refractivity contribution < 1.29 is 27.6 Å². The molecular weight excluding hydrogens is 363 g/mol. The van der Waals surface area contributed by atoms with Gasteiger partial charge < -0.3 is 10.2 Å². The number of alkyl halides is 3. The zero-order chi connectivity index (χ0) is 19.8. The number of piperidine rings is 1. The normalized spacial score (nSPS) is 23.9. The van der Waals surface area contributed by atoms with Crippen molar-refractivity contribution in [2.45, 2.75) is 37.9 Å². The number of urea groups is 1. The first kappa shape index (κ1) is 19.2. The molecule has 2 fully saturated rings. The minimum Gasteiger partial charge on any atom is -0.342 e. The summed E-state index contributed by atoms with van der Waals surface area (Å²) in [4.78, 5) is 37.5. The summed E-state index contributed by atoms with van der Waals surface area (Å²) >= 11 is 0. The molecule has 0 bridgehead atoms. The number of hydrogen-bond donors (Lipinski definition) is 2. The maximum atomic E-state index is 12.6. The van der Waals surface area contributed by atoms with Crippen LogP contribution in [0.5, 0.6) is 0 Å². The molecule has 2 saturated heterocycles. The Bertz CT molecular complexity index is 755. The van der Waals surface area contributed by atoms with Gasteiger partial charge in [-0.3, -0.25) is 14.9 Å². The topological polar surface area (TPSA) is 78.5 Å². The van der Waals surface area contributed by atoms with Crippen molar-refractivity contribution in [3.05, 3.63) is 35.4 Å². The number of nitrogens with one attached hydrogen (secondary N) is 2. The van der Waals surface area contributed by atoms with Gasteiger partial charge >= 0.3 is 12.2 Å². The van der Waals surface area contributed by atoms with Crippen molar-refractivity contribution in [1.29, 1.82) is 0 Å². The summed E-state index contributed by atoms with van der Waals surface area (Å²) in [5.41, 5.74) is -1.20. The molecule has 2 aliphatic rings. The summed E-state index contributed by atoms with van der Waals surface area (Å²) < 4.78 is 37.8. The number of hydrogen-bond acceptors (Lipinski definition) is 3. The van der Waals surface area contributed by atoms with E-state index in [4.69, 9.17) is 0 Å². The van der Waals surface area contributed by atoms with E-state index in [0.717, 1.165) is 12.1 Å². The highest BCUT2D eigenvalue weighted by atomic mass is 19.4.